The quantitative estimate of drug-likeness (QED) is 0.928. The van der Waals surface area contributed by atoms with Crippen LogP contribution in [0.15, 0.2) is 42.5 Å². The number of anilines is 2. The number of carbonyl (C=O) groups excluding carboxylic acids is 1. The fraction of sp³-hybridized carbons (Fsp3) is 0.316. The largest absolute Gasteiger partial charge is 0.495 e. The fourth-order valence-electron chi connectivity index (χ4n) is 2.93. The highest BCUT2D eigenvalue weighted by molar-refractivity contribution is 5.91. The van der Waals surface area contributed by atoms with E-state index in [0.717, 1.165) is 11.3 Å². The van der Waals surface area contributed by atoms with E-state index in [1.165, 1.54) is 12.1 Å². The minimum Gasteiger partial charge on any atom is -0.495 e. The van der Waals surface area contributed by atoms with Crippen LogP contribution in [-0.4, -0.2) is 44.2 Å². The number of nitrogens with zero attached hydrogens (tertiary/aromatic N) is 2. The summed E-state index contributed by atoms with van der Waals surface area (Å²) in [5.41, 5.74) is 2.70. The van der Waals surface area contributed by atoms with Crippen LogP contribution >= 0.6 is 0 Å². The Hall–Kier alpha value is -2.76. The number of piperazine rings is 1. The Labute approximate surface area is 147 Å². The van der Waals surface area contributed by atoms with E-state index in [2.05, 4.69) is 10.2 Å². The van der Waals surface area contributed by atoms with Crippen molar-refractivity contribution in [3.05, 3.63) is 53.8 Å². The van der Waals surface area contributed by atoms with Crippen molar-refractivity contribution in [3.63, 3.8) is 0 Å². The third kappa shape index (κ3) is 4.02. The Morgan fingerprint density at radius 2 is 1.76 bits per heavy atom. The van der Waals surface area contributed by atoms with E-state index in [1.54, 1.807) is 24.1 Å². The van der Waals surface area contributed by atoms with Gasteiger partial charge in [-0.2, -0.15) is 0 Å². The van der Waals surface area contributed by atoms with Gasteiger partial charge in [-0.3, -0.25) is 0 Å². The molecule has 0 atom stereocenters. The van der Waals surface area contributed by atoms with Crippen LogP contribution in [-0.2, 0) is 0 Å². The summed E-state index contributed by atoms with van der Waals surface area (Å²) in [6.45, 7) is 4.61. The predicted octanol–water partition coefficient (Wildman–Crippen LogP) is 3.50. The van der Waals surface area contributed by atoms with Gasteiger partial charge in [0.05, 0.1) is 12.8 Å². The van der Waals surface area contributed by atoms with Gasteiger partial charge in [0, 0.05) is 31.9 Å². The van der Waals surface area contributed by atoms with Crippen molar-refractivity contribution in [2.75, 3.05) is 43.5 Å². The van der Waals surface area contributed by atoms with Crippen LogP contribution in [0, 0.1) is 12.7 Å². The predicted molar refractivity (Wildman–Crippen MR) is 96.9 cm³/mol. The monoisotopic (exact) mass is 343 g/mol. The Balaban J connectivity index is 1.60. The summed E-state index contributed by atoms with van der Waals surface area (Å²) in [6.07, 6.45) is 0. The first kappa shape index (κ1) is 17.1. The summed E-state index contributed by atoms with van der Waals surface area (Å²) < 4.78 is 18.3. The van der Waals surface area contributed by atoms with Crippen molar-refractivity contribution in [2.45, 2.75) is 6.92 Å². The molecule has 0 radical (unpaired) electrons. The topological polar surface area (TPSA) is 44.8 Å². The summed E-state index contributed by atoms with van der Waals surface area (Å²) in [5.74, 6) is 0.401. The molecule has 1 N–H and O–H groups in total. The number of methoxy groups -OCH3 is 1. The number of hydrogen-bond acceptors (Lipinski definition) is 3. The van der Waals surface area contributed by atoms with Crippen LogP contribution in [0.3, 0.4) is 0 Å². The van der Waals surface area contributed by atoms with Crippen molar-refractivity contribution < 1.29 is 13.9 Å². The lowest BCUT2D eigenvalue weighted by atomic mass is 10.2. The first-order chi connectivity index (χ1) is 12.1. The number of urea groups is 1. The first-order valence-electron chi connectivity index (χ1n) is 8.28. The van der Waals surface area contributed by atoms with Gasteiger partial charge in [-0.1, -0.05) is 6.07 Å². The van der Waals surface area contributed by atoms with Crippen molar-refractivity contribution in [3.8, 4) is 5.75 Å². The van der Waals surface area contributed by atoms with Crippen molar-refractivity contribution in [1.82, 2.24) is 4.90 Å². The number of amides is 2. The standard InChI is InChI=1S/C19H22FN3O2/c1-14-3-8-18(25-2)17(13-14)21-19(24)23-11-9-22(10-12-23)16-6-4-15(20)5-7-16/h3-8,13H,9-12H2,1-2H3,(H,21,24). The molecular formula is C19H22FN3O2. The van der Waals surface area contributed by atoms with Gasteiger partial charge in [0.1, 0.15) is 11.6 Å². The number of aryl methyl sites for hydroxylation is 1. The number of rotatable bonds is 3. The zero-order valence-corrected chi connectivity index (χ0v) is 14.5. The van der Waals surface area contributed by atoms with Crippen LogP contribution in [0.5, 0.6) is 5.75 Å². The molecular weight excluding hydrogens is 321 g/mol. The van der Waals surface area contributed by atoms with Crippen LogP contribution < -0.4 is 15.0 Å². The highest BCUT2D eigenvalue weighted by Crippen LogP contribution is 2.26. The lowest BCUT2D eigenvalue weighted by Gasteiger charge is -2.36. The van der Waals surface area contributed by atoms with Gasteiger partial charge in [0.2, 0.25) is 0 Å². The minimum atomic E-state index is -0.242. The summed E-state index contributed by atoms with van der Waals surface area (Å²) in [7, 11) is 1.59. The van der Waals surface area contributed by atoms with Gasteiger partial charge in [-0.05, 0) is 48.9 Å². The number of halogens is 1. The Kier molecular flexibility index (Phi) is 5.07. The second-order valence-electron chi connectivity index (χ2n) is 6.08. The molecule has 3 rings (SSSR count). The molecule has 1 aliphatic rings. The van der Waals surface area contributed by atoms with E-state index >= 15 is 0 Å². The lowest BCUT2D eigenvalue weighted by molar-refractivity contribution is 0.208. The van der Waals surface area contributed by atoms with Gasteiger partial charge in [-0.25, -0.2) is 9.18 Å². The molecule has 25 heavy (non-hydrogen) atoms. The smallest absolute Gasteiger partial charge is 0.322 e. The number of hydrogen-bond donors (Lipinski definition) is 1. The second kappa shape index (κ2) is 7.42. The molecule has 5 nitrogen and oxygen atoms in total. The van der Waals surface area contributed by atoms with E-state index in [0.29, 0.717) is 37.6 Å². The van der Waals surface area contributed by atoms with Crippen molar-refractivity contribution >= 4 is 17.4 Å². The molecule has 0 saturated carbocycles. The summed E-state index contributed by atoms with van der Waals surface area (Å²) >= 11 is 0. The Morgan fingerprint density at radius 3 is 2.40 bits per heavy atom. The van der Waals surface area contributed by atoms with Gasteiger partial charge in [0.25, 0.3) is 0 Å². The number of nitrogens with one attached hydrogen (secondary N) is 1. The SMILES string of the molecule is COc1ccc(C)cc1NC(=O)N1CCN(c2ccc(F)cc2)CC1. The highest BCUT2D eigenvalue weighted by Gasteiger charge is 2.22. The maximum atomic E-state index is 13.0. The third-order valence-electron chi connectivity index (χ3n) is 4.36. The van der Waals surface area contributed by atoms with E-state index in [-0.39, 0.29) is 11.8 Å². The molecule has 1 fully saturated rings. The van der Waals surface area contributed by atoms with E-state index in [4.69, 9.17) is 4.74 Å². The maximum absolute atomic E-state index is 13.0. The molecule has 132 valence electrons. The molecule has 0 spiro atoms. The molecule has 2 aromatic carbocycles. The average molecular weight is 343 g/mol. The molecule has 2 amide bonds. The molecule has 0 aliphatic carbocycles. The molecule has 0 aromatic heterocycles. The van der Waals surface area contributed by atoms with Gasteiger partial charge in [-0.15, -0.1) is 0 Å². The zero-order chi connectivity index (χ0) is 17.8. The van der Waals surface area contributed by atoms with E-state index < -0.39 is 0 Å². The van der Waals surface area contributed by atoms with Crippen LogP contribution in [0.4, 0.5) is 20.6 Å². The van der Waals surface area contributed by atoms with Gasteiger partial charge in [0.15, 0.2) is 0 Å². The zero-order valence-electron chi connectivity index (χ0n) is 14.5. The van der Waals surface area contributed by atoms with Crippen LogP contribution in [0.2, 0.25) is 0 Å². The maximum Gasteiger partial charge on any atom is 0.322 e. The second-order valence-corrected chi connectivity index (χ2v) is 6.08. The number of carbonyl (C=O) groups is 1. The normalized spacial score (nSPS) is 14.4. The number of ether oxygens (including phenoxy) is 1. The van der Waals surface area contributed by atoms with E-state index in [1.807, 2.05) is 25.1 Å². The van der Waals surface area contributed by atoms with Gasteiger partial charge >= 0.3 is 6.03 Å². The van der Waals surface area contributed by atoms with Crippen LogP contribution in [0.25, 0.3) is 0 Å². The minimum absolute atomic E-state index is 0.136. The third-order valence-corrected chi connectivity index (χ3v) is 4.36. The molecule has 2 aromatic rings. The molecule has 0 unspecified atom stereocenters. The Morgan fingerprint density at radius 1 is 1.08 bits per heavy atom. The fourth-order valence-corrected chi connectivity index (χ4v) is 2.93. The van der Waals surface area contributed by atoms with Crippen molar-refractivity contribution in [2.24, 2.45) is 0 Å². The summed E-state index contributed by atoms with van der Waals surface area (Å²) in [6, 6.07) is 12.0. The number of benzene rings is 2. The Bertz CT molecular complexity index is 741. The highest BCUT2D eigenvalue weighted by atomic mass is 19.1. The average Bonchev–Trinajstić information content (AvgIpc) is 2.63. The summed E-state index contributed by atoms with van der Waals surface area (Å²) in [5, 5.41) is 2.93. The van der Waals surface area contributed by atoms with E-state index in [9.17, 15) is 9.18 Å². The molecule has 1 heterocycles. The molecule has 6 heteroatoms. The lowest BCUT2D eigenvalue weighted by Crippen LogP contribution is -2.50. The summed E-state index contributed by atoms with van der Waals surface area (Å²) in [4.78, 5) is 16.5. The molecule has 1 aliphatic heterocycles. The molecule has 1 saturated heterocycles. The first-order valence-corrected chi connectivity index (χ1v) is 8.28. The van der Waals surface area contributed by atoms with Crippen LogP contribution in [0.1, 0.15) is 5.56 Å². The van der Waals surface area contributed by atoms with Gasteiger partial charge < -0.3 is 19.9 Å². The van der Waals surface area contributed by atoms with Crippen molar-refractivity contribution in [1.29, 1.82) is 0 Å². The molecule has 0 bridgehead atoms.